The predicted octanol–water partition coefficient (Wildman–Crippen LogP) is 2.21. The number of hydrogen-bond acceptors (Lipinski definition) is 6. The van der Waals surface area contributed by atoms with Crippen molar-refractivity contribution in [3.8, 4) is 0 Å². The highest BCUT2D eigenvalue weighted by Crippen LogP contribution is 2.29. The molecule has 0 aromatic carbocycles. The normalized spacial score (nSPS) is 17.9. The fraction of sp³-hybridized carbons (Fsp3) is 0.111. The van der Waals surface area contributed by atoms with E-state index >= 15 is 0 Å². The van der Waals surface area contributed by atoms with Crippen LogP contribution in [0.2, 0.25) is 0 Å². The van der Waals surface area contributed by atoms with E-state index in [1.165, 1.54) is 23.1 Å². The van der Waals surface area contributed by atoms with E-state index in [2.05, 4.69) is 10.8 Å². The number of thiophene rings is 1. The van der Waals surface area contributed by atoms with Crippen LogP contribution in [0.5, 0.6) is 0 Å². The molecule has 0 radical (unpaired) electrons. The number of amides is 1. The summed E-state index contributed by atoms with van der Waals surface area (Å²) < 4.78 is 0.503. The first-order chi connectivity index (χ1) is 7.69. The number of hydrogen-bond donors (Lipinski definition) is 2. The zero-order chi connectivity index (χ0) is 11.5. The number of thiocarbonyl (C=S) groups is 1. The second-order valence-corrected chi connectivity index (χ2v) is 5.69. The number of rotatable bonds is 3. The summed E-state index contributed by atoms with van der Waals surface area (Å²) in [5, 5.41) is 3.46. The highest BCUT2D eigenvalue weighted by atomic mass is 32.2. The van der Waals surface area contributed by atoms with Crippen LogP contribution in [0, 0.1) is 0 Å². The summed E-state index contributed by atoms with van der Waals surface area (Å²) in [5.41, 5.74) is 2.73. The van der Waals surface area contributed by atoms with Gasteiger partial charge in [0.05, 0.1) is 12.0 Å². The fourth-order valence-corrected chi connectivity index (χ4v) is 3.07. The predicted molar refractivity (Wildman–Crippen MR) is 71.3 cm³/mol. The Balaban J connectivity index is 2.16. The van der Waals surface area contributed by atoms with Crippen molar-refractivity contribution in [2.24, 2.45) is 0 Å². The zero-order valence-corrected chi connectivity index (χ0v) is 10.7. The standard InChI is InChI=1S/C9H8N2O2S3/c1-13-11-7-3-2-5(15-7)4-6-8(12)10-9(14)16-6/h2-4,11H,1H3,(H,10,12,14)/b6-4+. The fourth-order valence-electron chi connectivity index (χ4n) is 1.14. The average Bonchev–Trinajstić information content (AvgIpc) is 2.76. The van der Waals surface area contributed by atoms with Crippen molar-refractivity contribution in [3.63, 3.8) is 0 Å². The summed E-state index contributed by atoms with van der Waals surface area (Å²) in [5.74, 6) is -0.135. The Morgan fingerprint density at radius 3 is 3.00 bits per heavy atom. The summed E-state index contributed by atoms with van der Waals surface area (Å²) in [6.45, 7) is 0. The molecule has 0 saturated carbocycles. The average molecular weight is 272 g/mol. The van der Waals surface area contributed by atoms with Crippen molar-refractivity contribution in [1.82, 2.24) is 5.32 Å². The van der Waals surface area contributed by atoms with Crippen LogP contribution < -0.4 is 10.8 Å². The monoisotopic (exact) mass is 272 g/mol. The van der Waals surface area contributed by atoms with E-state index in [0.29, 0.717) is 9.23 Å². The molecule has 7 heteroatoms. The lowest BCUT2D eigenvalue weighted by atomic mass is 10.4. The first-order valence-corrected chi connectivity index (χ1v) is 6.37. The third-order valence-electron chi connectivity index (χ3n) is 1.74. The molecule has 0 aliphatic carbocycles. The molecule has 1 aromatic rings. The molecule has 16 heavy (non-hydrogen) atoms. The van der Waals surface area contributed by atoms with Gasteiger partial charge in [0.2, 0.25) is 0 Å². The summed E-state index contributed by atoms with van der Waals surface area (Å²) >= 11 is 7.67. The molecule has 0 atom stereocenters. The topological polar surface area (TPSA) is 50.4 Å². The van der Waals surface area contributed by atoms with Crippen LogP contribution in [-0.4, -0.2) is 17.3 Å². The van der Waals surface area contributed by atoms with Gasteiger partial charge in [-0.2, -0.15) is 0 Å². The molecule has 0 bridgehead atoms. The molecule has 4 nitrogen and oxygen atoms in total. The lowest BCUT2D eigenvalue weighted by Gasteiger charge is -1.95. The maximum atomic E-state index is 11.4. The number of anilines is 1. The molecular weight excluding hydrogens is 264 g/mol. The van der Waals surface area contributed by atoms with Gasteiger partial charge >= 0.3 is 0 Å². The summed E-state index contributed by atoms with van der Waals surface area (Å²) in [6, 6.07) is 3.80. The van der Waals surface area contributed by atoms with Gasteiger partial charge in [-0.3, -0.25) is 15.1 Å². The van der Waals surface area contributed by atoms with Crippen molar-refractivity contribution in [1.29, 1.82) is 0 Å². The minimum absolute atomic E-state index is 0.135. The van der Waals surface area contributed by atoms with Gasteiger partial charge in [-0.15, -0.1) is 11.3 Å². The summed E-state index contributed by atoms with van der Waals surface area (Å²) in [4.78, 5) is 17.8. The van der Waals surface area contributed by atoms with E-state index in [9.17, 15) is 4.79 Å². The largest absolute Gasteiger partial charge is 0.307 e. The van der Waals surface area contributed by atoms with E-state index in [-0.39, 0.29) is 5.91 Å². The Bertz CT molecular complexity index is 467. The first-order valence-electron chi connectivity index (χ1n) is 4.33. The van der Waals surface area contributed by atoms with Crippen LogP contribution in [0.15, 0.2) is 17.0 Å². The molecule has 1 fully saturated rings. The molecule has 1 aliphatic rings. The van der Waals surface area contributed by atoms with E-state index in [4.69, 9.17) is 17.1 Å². The van der Waals surface area contributed by atoms with Crippen LogP contribution in [0.4, 0.5) is 5.00 Å². The Morgan fingerprint density at radius 2 is 2.38 bits per heavy atom. The molecule has 1 aliphatic heterocycles. The van der Waals surface area contributed by atoms with Crippen molar-refractivity contribution in [3.05, 3.63) is 21.9 Å². The molecule has 1 saturated heterocycles. The maximum Gasteiger partial charge on any atom is 0.263 e. The minimum atomic E-state index is -0.135. The molecule has 2 N–H and O–H groups in total. The number of thioether (sulfide) groups is 1. The molecule has 1 amide bonds. The van der Waals surface area contributed by atoms with Crippen LogP contribution in [0.1, 0.15) is 4.88 Å². The smallest absolute Gasteiger partial charge is 0.263 e. The van der Waals surface area contributed by atoms with Crippen LogP contribution in [0.25, 0.3) is 6.08 Å². The third kappa shape index (κ3) is 2.62. The maximum absolute atomic E-state index is 11.4. The third-order valence-corrected chi connectivity index (χ3v) is 3.84. The van der Waals surface area contributed by atoms with Crippen LogP contribution in [0.3, 0.4) is 0 Å². The van der Waals surface area contributed by atoms with Gasteiger partial charge in [-0.05, 0) is 18.2 Å². The first kappa shape index (κ1) is 11.6. The van der Waals surface area contributed by atoms with Gasteiger partial charge in [0.1, 0.15) is 9.32 Å². The van der Waals surface area contributed by atoms with Gasteiger partial charge in [0, 0.05) is 4.88 Å². The van der Waals surface area contributed by atoms with Gasteiger partial charge < -0.3 is 5.32 Å². The van der Waals surface area contributed by atoms with Crippen molar-refractivity contribution in [2.75, 3.05) is 12.6 Å². The Hall–Kier alpha value is -0.890. The highest BCUT2D eigenvalue weighted by molar-refractivity contribution is 8.26. The lowest BCUT2D eigenvalue weighted by molar-refractivity contribution is -0.115. The number of carbonyl (C=O) groups excluding carboxylic acids is 1. The van der Waals surface area contributed by atoms with Crippen molar-refractivity contribution >= 4 is 56.6 Å². The number of carbonyl (C=O) groups is 1. The van der Waals surface area contributed by atoms with E-state index in [1.54, 1.807) is 7.11 Å². The molecule has 84 valence electrons. The van der Waals surface area contributed by atoms with Crippen molar-refractivity contribution < 1.29 is 9.63 Å². The molecule has 0 unspecified atom stereocenters. The Labute approximate surface area is 106 Å². The van der Waals surface area contributed by atoms with Crippen LogP contribution >= 0.6 is 35.3 Å². The molecule has 1 aromatic heterocycles. The Kier molecular flexibility index (Phi) is 3.59. The molecule has 2 heterocycles. The molecule has 0 spiro atoms. The van der Waals surface area contributed by atoms with Gasteiger partial charge in [0.25, 0.3) is 5.91 Å². The quantitative estimate of drug-likeness (QED) is 0.502. The van der Waals surface area contributed by atoms with Crippen molar-refractivity contribution in [2.45, 2.75) is 0 Å². The van der Waals surface area contributed by atoms with Crippen LogP contribution in [-0.2, 0) is 9.63 Å². The summed E-state index contributed by atoms with van der Waals surface area (Å²) in [6.07, 6.45) is 1.81. The summed E-state index contributed by atoms with van der Waals surface area (Å²) in [7, 11) is 1.55. The SMILES string of the molecule is CONc1ccc(/C=C2/SC(=S)NC2=O)s1. The second-order valence-electron chi connectivity index (χ2n) is 2.86. The van der Waals surface area contributed by atoms with Gasteiger partial charge in [0.15, 0.2) is 0 Å². The van der Waals surface area contributed by atoms with E-state index in [1.807, 2.05) is 18.2 Å². The molecule has 2 rings (SSSR count). The minimum Gasteiger partial charge on any atom is -0.307 e. The van der Waals surface area contributed by atoms with Gasteiger partial charge in [-0.1, -0.05) is 24.0 Å². The van der Waals surface area contributed by atoms with E-state index in [0.717, 1.165) is 9.88 Å². The zero-order valence-electron chi connectivity index (χ0n) is 8.27. The lowest BCUT2D eigenvalue weighted by Crippen LogP contribution is -2.17. The molecular formula is C9H8N2O2S3. The highest BCUT2D eigenvalue weighted by Gasteiger charge is 2.22. The Morgan fingerprint density at radius 1 is 1.56 bits per heavy atom. The van der Waals surface area contributed by atoms with E-state index < -0.39 is 0 Å². The second kappa shape index (κ2) is 4.96. The van der Waals surface area contributed by atoms with Gasteiger partial charge in [-0.25, -0.2) is 0 Å². The number of nitrogens with one attached hydrogen (secondary N) is 2.